The minimum Gasteiger partial charge on any atom is -0.351 e. The van der Waals surface area contributed by atoms with Crippen LogP contribution in [0, 0.1) is 0 Å². The van der Waals surface area contributed by atoms with Crippen molar-refractivity contribution in [3.8, 4) is 0 Å². The van der Waals surface area contributed by atoms with Crippen molar-refractivity contribution < 1.29 is 4.79 Å². The van der Waals surface area contributed by atoms with E-state index in [1.54, 1.807) is 0 Å². The normalized spacial score (nSPS) is 14.4. The van der Waals surface area contributed by atoms with Crippen LogP contribution in [0.25, 0.3) is 0 Å². The number of hydrogen-bond acceptors (Lipinski definition) is 2. The lowest BCUT2D eigenvalue weighted by molar-refractivity contribution is -0.122. The van der Waals surface area contributed by atoms with Gasteiger partial charge in [0.15, 0.2) is 0 Å². The second-order valence-electron chi connectivity index (χ2n) is 6.00. The molecular weight excluding hydrogens is 224 g/mol. The maximum Gasteiger partial charge on any atom is 0.220 e. The Kier molecular flexibility index (Phi) is 3.71. The van der Waals surface area contributed by atoms with Crippen LogP contribution in [0.2, 0.25) is 0 Å². The number of fused-ring (bicyclic) bond motifs is 1. The molecule has 1 aliphatic heterocycles. The first-order chi connectivity index (χ1) is 8.44. The van der Waals surface area contributed by atoms with Gasteiger partial charge in [-0.25, -0.2) is 0 Å². The predicted molar refractivity (Wildman–Crippen MR) is 73.2 cm³/mol. The van der Waals surface area contributed by atoms with Crippen LogP contribution in [0.5, 0.6) is 0 Å². The Bertz CT molecular complexity index is 446. The molecule has 0 aromatic heterocycles. The molecule has 0 radical (unpaired) electrons. The molecule has 98 valence electrons. The number of nitrogens with one attached hydrogen (secondary N) is 2. The van der Waals surface area contributed by atoms with E-state index >= 15 is 0 Å². The van der Waals surface area contributed by atoms with Crippen LogP contribution in [0.4, 0.5) is 0 Å². The molecule has 0 saturated carbocycles. The Morgan fingerprint density at radius 1 is 1.28 bits per heavy atom. The van der Waals surface area contributed by atoms with Gasteiger partial charge in [-0.2, -0.15) is 0 Å². The van der Waals surface area contributed by atoms with E-state index in [0.717, 1.165) is 19.5 Å². The molecule has 0 saturated heterocycles. The molecule has 3 nitrogen and oxygen atoms in total. The van der Waals surface area contributed by atoms with Crippen molar-refractivity contribution in [3.63, 3.8) is 0 Å². The quantitative estimate of drug-likeness (QED) is 0.858. The van der Waals surface area contributed by atoms with Gasteiger partial charge in [-0.3, -0.25) is 4.79 Å². The molecule has 1 amide bonds. The molecule has 1 aliphatic rings. The lowest BCUT2D eigenvalue weighted by atomic mass is 10.0. The first kappa shape index (κ1) is 13.1. The van der Waals surface area contributed by atoms with E-state index in [2.05, 4.69) is 28.8 Å². The summed E-state index contributed by atoms with van der Waals surface area (Å²) >= 11 is 0. The molecule has 0 aliphatic carbocycles. The van der Waals surface area contributed by atoms with E-state index in [4.69, 9.17) is 0 Å². The summed E-state index contributed by atoms with van der Waals surface area (Å²) in [5, 5.41) is 6.32. The van der Waals surface area contributed by atoms with Gasteiger partial charge in [0.1, 0.15) is 0 Å². The fourth-order valence-electron chi connectivity index (χ4n) is 2.24. The zero-order valence-electron chi connectivity index (χ0n) is 11.5. The average Bonchev–Trinajstić information content (AvgIpc) is 2.71. The third-order valence-electron chi connectivity index (χ3n) is 3.06. The molecule has 1 heterocycles. The SMILES string of the molecule is CC(C)(C)NC(=O)CCc1ccc2c(c1)CNC2. The van der Waals surface area contributed by atoms with Gasteiger partial charge in [0.25, 0.3) is 0 Å². The summed E-state index contributed by atoms with van der Waals surface area (Å²) in [6, 6.07) is 6.53. The van der Waals surface area contributed by atoms with Gasteiger partial charge in [0.05, 0.1) is 0 Å². The van der Waals surface area contributed by atoms with E-state index in [1.807, 2.05) is 20.8 Å². The van der Waals surface area contributed by atoms with Crippen molar-refractivity contribution in [1.29, 1.82) is 0 Å². The summed E-state index contributed by atoms with van der Waals surface area (Å²) in [6.07, 6.45) is 1.37. The highest BCUT2D eigenvalue weighted by Gasteiger charge is 2.14. The summed E-state index contributed by atoms with van der Waals surface area (Å²) in [5.41, 5.74) is 3.88. The molecular formula is C15H22N2O. The highest BCUT2D eigenvalue weighted by molar-refractivity contribution is 5.76. The second kappa shape index (κ2) is 5.11. The monoisotopic (exact) mass is 246 g/mol. The first-order valence-electron chi connectivity index (χ1n) is 6.56. The van der Waals surface area contributed by atoms with Crippen LogP contribution < -0.4 is 10.6 Å². The molecule has 18 heavy (non-hydrogen) atoms. The summed E-state index contributed by atoms with van der Waals surface area (Å²) in [5.74, 6) is 0.126. The number of carbonyl (C=O) groups is 1. The van der Waals surface area contributed by atoms with Gasteiger partial charge in [-0.05, 0) is 43.9 Å². The molecule has 2 N–H and O–H groups in total. The third kappa shape index (κ3) is 3.57. The van der Waals surface area contributed by atoms with Crippen molar-refractivity contribution >= 4 is 5.91 Å². The topological polar surface area (TPSA) is 41.1 Å². The van der Waals surface area contributed by atoms with Gasteiger partial charge in [0.2, 0.25) is 5.91 Å². The lowest BCUT2D eigenvalue weighted by Gasteiger charge is -2.20. The van der Waals surface area contributed by atoms with Gasteiger partial charge in [-0.1, -0.05) is 18.2 Å². The standard InChI is InChI=1S/C15H22N2O/c1-15(2,3)17-14(18)7-5-11-4-6-12-9-16-10-13(12)8-11/h4,6,8,16H,5,7,9-10H2,1-3H3,(H,17,18). The fourth-order valence-corrected chi connectivity index (χ4v) is 2.24. The van der Waals surface area contributed by atoms with Crippen LogP contribution in [0.15, 0.2) is 18.2 Å². The van der Waals surface area contributed by atoms with E-state index < -0.39 is 0 Å². The number of benzene rings is 1. The van der Waals surface area contributed by atoms with Crippen LogP contribution in [0.3, 0.4) is 0 Å². The van der Waals surface area contributed by atoms with E-state index in [-0.39, 0.29) is 11.4 Å². The summed E-state index contributed by atoms with van der Waals surface area (Å²) in [4.78, 5) is 11.7. The third-order valence-corrected chi connectivity index (χ3v) is 3.06. The molecule has 0 spiro atoms. The minimum atomic E-state index is -0.140. The van der Waals surface area contributed by atoms with Gasteiger partial charge in [0, 0.05) is 25.0 Å². The molecule has 1 aromatic carbocycles. The summed E-state index contributed by atoms with van der Waals surface area (Å²) in [6.45, 7) is 7.95. The van der Waals surface area contributed by atoms with Crippen LogP contribution in [-0.4, -0.2) is 11.4 Å². The smallest absolute Gasteiger partial charge is 0.220 e. The maximum atomic E-state index is 11.7. The minimum absolute atomic E-state index is 0.126. The zero-order chi connectivity index (χ0) is 13.2. The largest absolute Gasteiger partial charge is 0.351 e. The molecule has 0 atom stereocenters. The molecule has 0 bridgehead atoms. The summed E-state index contributed by atoms with van der Waals surface area (Å²) < 4.78 is 0. The number of amides is 1. The highest BCUT2D eigenvalue weighted by atomic mass is 16.1. The number of hydrogen-bond donors (Lipinski definition) is 2. The van der Waals surface area contributed by atoms with E-state index in [9.17, 15) is 4.79 Å². The molecule has 3 heteroatoms. The lowest BCUT2D eigenvalue weighted by Crippen LogP contribution is -2.40. The second-order valence-corrected chi connectivity index (χ2v) is 6.00. The predicted octanol–water partition coefficient (Wildman–Crippen LogP) is 2.14. The Labute approximate surface area is 109 Å². The van der Waals surface area contributed by atoms with Crippen molar-refractivity contribution in [2.24, 2.45) is 0 Å². The molecule has 1 aromatic rings. The fraction of sp³-hybridized carbons (Fsp3) is 0.533. The first-order valence-corrected chi connectivity index (χ1v) is 6.56. The Hall–Kier alpha value is -1.35. The van der Waals surface area contributed by atoms with Crippen LogP contribution in [0.1, 0.15) is 43.9 Å². The van der Waals surface area contributed by atoms with Gasteiger partial charge >= 0.3 is 0 Å². The number of rotatable bonds is 3. The number of aryl methyl sites for hydroxylation is 1. The molecule has 0 fully saturated rings. The zero-order valence-corrected chi connectivity index (χ0v) is 11.5. The van der Waals surface area contributed by atoms with E-state index in [0.29, 0.717) is 6.42 Å². The molecule has 2 rings (SSSR count). The van der Waals surface area contributed by atoms with E-state index in [1.165, 1.54) is 16.7 Å². The Balaban J connectivity index is 1.89. The van der Waals surface area contributed by atoms with Crippen LogP contribution in [-0.2, 0) is 24.3 Å². The van der Waals surface area contributed by atoms with Crippen molar-refractivity contribution in [2.45, 2.75) is 52.2 Å². The maximum absolute atomic E-state index is 11.7. The average molecular weight is 246 g/mol. The number of carbonyl (C=O) groups excluding carboxylic acids is 1. The van der Waals surface area contributed by atoms with Crippen molar-refractivity contribution in [3.05, 3.63) is 34.9 Å². The van der Waals surface area contributed by atoms with Crippen molar-refractivity contribution in [1.82, 2.24) is 10.6 Å². The van der Waals surface area contributed by atoms with Gasteiger partial charge < -0.3 is 10.6 Å². The van der Waals surface area contributed by atoms with Crippen molar-refractivity contribution in [2.75, 3.05) is 0 Å². The van der Waals surface area contributed by atoms with Gasteiger partial charge in [-0.15, -0.1) is 0 Å². The summed E-state index contributed by atoms with van der Waals surface area (Å²) in [7, 11) is 0. The molecule has 0 unspecified atom stereocenters. The Morgan fingerprint density at radius 3 is 2.72 bits per heavy atom. The Morgan fingerprint density at radius 2 is 2.00 bits per heavy atom. The van der Waals surface area contributed by atoms with Crippen LogP contribution >= 0.6 is 0 Å². The highest BCUT2D eigenvalue weighted by Crippen LogP contribution is 2.17.